The van der Waals surface area contributed by atoms with Crippen molar-refractivity contribution in [2.75, 3.05) is 6.54 Å². The quantitative estimate of drug-likeness (QED) is 0.667. The van der Waals surface area contributed by atoms with Gasteiger partial charge in [0.05, 0.1) is 6.42 Å². The van der Waals surface area contributed by atoms with Gasteiger partial charge in [-0.2, -0.15) is 10.2 Å². The normalized spacial score (nSPS) is 18.8. The summed E-state index contributed by atoms with van der Waals surface area (Å²) in [6, 6.07) is 0. The van der Waals surface area contributed by atoms with E-state index in [0.717, 1.165) is 0 Å². The summed E-state index contributed by atoms with van der Waals surface area (Å²) >= 11 is 0. The van der Waals surface area contributed by atoms with Gasteiger partial charge in [-0.15, -0.1) is 5.06 Å². The SMILES string of the molecule is CC1(CCC(=O)NCCC(=O)ON2C(=O)CCC2=O)N=N1. The summed E-state index contributed by atoms with van der Waals surface area (Å²) in [4.78, 5) is 50.0. The Morgan fingerprint density at radius 2 is 1.86 bits per heavy atom. The van der Waals surface area contributed by atoms with Gasteiger partial charge in [0.25, 0.3) is 11.8 Å². The molecule has 0 aliphatic carbocycles. The maximum Gasteiger partial charge on any atom is 0.334 e. The van der Waals surface area contributed by atoms with E-state index in [1.165, 1.54) is 0 Å². The number of amides is 3. The summed E-state index contributed by atoms with van der Waals surface area (Å²) in [6.45, 7) is 1.90. The van der Waals surface area contributed by atoms with E-state index in [0.29, 0.717) is 11.5 Å². The highest BCUT2D eigenvalue weighted by Crippen LogP contribution is 2.31. The van der Waals surface area contributed by atoms with Gasteiger partial charge in [-0.05, 0) is 6.92 Å². The molecule has 0 aromatic carbocycles. The third kappa shape index (κ3) is 4.33. The minimum absolute atomic E-state index is 0.0533. The van der Waals surface area contributed by atoms with Crippen molar-refractivity contribution in [3.8, 4) is 0 Å². The molecule has 3 amide bonds. The van der Waals surface area contributed by atoms with Gasteiger partial charge >= 0.3 is 5.97 Å². The van der Waals surface area contributed by atoms with E-state index in [2.05, 4.69) is 20.4 Å². The monoisotopic (exact) mass is 296 g/mol. The Bertz CT molecular complexity index is 494. The fraction of sp³-hybridized carbons (Fsp3) is 0.667. The van der Waals surface area contributed by atoms with Crippen LogP contribution < -0.4 is 5.32 Å². The van der Waals surface area contributed by atoms with E-state index in [1.807, 2.05) is 6.92 Å². The minimum atomic E-state index is -0.738. The molecule has 0 bridgehead atoms. The van der Waals surface area contributed by atoms with Crippen LogP contribution in [-0.2, 0) is 24.0 Å². The lowest BCUT2D eigenvalue weighted by atomic mass is 10.1. The molecule has 0 unspecified atom stereocenters. The Hall–Kier alpha value is -2.32. The fourth-order valence-corrected chi connectivity index (χ4v) is 1.73. The molecular formula is C12H16N4O5. The Balaban J connectivity index is 1.59. The molecule has 21 heavy (non-hydrogen) atoms. The molecule has 1 fully saturated rings. The molecule has 2 rings (SSSR count). The maximum atomic E-state index is 11.5. The van der Waals surface area contributed by atoms with Gasteiger partial charge in [0.15, 0.2) is 5.66 Å². The van der Waals surface area contributed by atoms with Crippen LogP contribution in [0.2, 0.25) is 0 Å². The molecule has 9 heteroatoms. The zero-order valence-electron chi connectivity index (χ0n) is 11.6. The third-order valence-electron chi connectivity index (χ3n) is 3.12. The Morgan fingerprint density at radius 3 is 2.43 bits per heavy atom. The van der Waals surface area contributed by atoms with Gasteiger partial charge in [-0.1, -0.05) is 0 Å². The van der Waals surface area contributed by atoms with E-state index >= 15 is 0 Å². The predicted molar refractivity (Wildman–Crippen MR) is 67.3 cm³/mol. The molecule has 2 aliphatic rings. The van der Waals surface area contributed by atoms with Gasteiger partial charge in [0.2, 0.25) is 5.91 Å². The Kier molecular flexibility index (Phi) is 4.29. The third-order valence-corrected chi connectivity index (χ3v) is 3.12. The maximum absolute atomic E-state index is 11.5. The first-order valence-electron chi connectivity index (χ1n) is 6.67. The summed E-state index contributed by atoms with van der Waals surface area (Å²) in [5.74, 6) is -2.00. The average molecular weight is 296 g/mol. The smallest absolute Gasteiger partial charge is 0.334 e. The van der Waals surface area contributed by atoms with Gasteiger partial charge in [-0.25, -0.2) is 4.79 Å². The van der Waals surface area contributed by atoms with Crippen LogP contribution in [0.15, 0.2) is 10.2 Å². The highest BCUT2D eigenvalue weighted by Gasteiger charge is 2.34. The molecule has 2 heterocycles. The first kappa shape index (κ1) is 15.1. The number of carbonyl (C=O) groups excluding carboxylic acids is 4. The van der Waals surface area contributed by atoms with Crippen LogP contribution in [0.5, 0.6) is 0 Å². The molecular weight excluding hydrogens is 280 g/mol. The number of rotatable bonds is 7. The summed E-state index contributed by atoms with van der Waals surface area (Å²) in [5, 5.41) is 10.6. The number of nitrogens with zero attached hydrogens (tertiary/aromatic N) is 3. The molecule has 1 saturated heterocycles. The van der Waals surface area contributed by atoms with Crippen molar-refractivity contribution in [2.45, 2.75) is 44.7 Å². The van der Waals surface area contributed by atoms with E-state index in [-0.39, 0.29) is 38.1 Å². The molecule has 2 aliphatic heterocycles. The standard InChI is InChI=1S/C12H16N4O5/c1-12(14-15-12)6-4-8(17)13-7-5-11(20)21-16-9(18)2-3-10(16)19/h2-7H2,1H3,(H,13,17). The minimum Gasteiger partial charge on any atom is -0.356 e. The molecule has 9 nitrogen and oxygen atoms in total. The van der Waals surface area contributed by atoms with Gasteiger partial charge in [0.1, 0.15) is 0 Å². The first-order chi connectivity index (χ1) is 9.89. The number of hydrogen-bond acceptors (Lipinski definition) is 7. The van der Waals surface area contributed by atoms with Gasteiger partial charge in [0, 0.05) is 32.2 Å². The Labute approximate surface area is 120 Å². The first-order valence-corrected chi connectivity index (χ1v) is 6.67. The van der Waals surface area contributed by atoms with Crippen LogP contribution in [0.3, 0.4) is 0 Å². The summed E-state index contributed by atoms with van der Waals surface area (Å²) in [7, 11) is 0. The number of hydroxylamine groups is 2. The number of hydrogen-bond donors (Lipinski definition) is 1. The van der Waals surface area contributed by atoms with Gasteiger partial charge in [-0.3, -0.25) is 14.4 Å². The number of carbonyl (C=O) groups is 4. The highest BCUT2D eigenvalue weighted by molar-refractivity contribution is 6.01. The van der Waals surface area contributed by atoms with Crippen LogP contribution in [0.4, 0.5) is 0 Å². The van der Waals surface area contributed by atoms with E-state index in [4.69, 9.17) is 0 Å². The lowest BCUT2D eigenvalue weighted by Gasteiger charge is -2.12. The largest absolute Gasteiger partial charge is 0.356 e. The van der Waals surface area contributed by atoms with E-state index in [9.17, 15) is 19.2 Å². The van der Waals surface area contributed by atoms with Crippen molar-refractivity contribution >= 4 is 23.7 Å². The molecule has 0 aromatic rings. The molecule has 0 saturated carbocycles. The molecule has 0 aromatic heterocycles. The van der Waals surface area contributed by atoms with Crippen LogP contribution in [0, 0.1) is 0 Å². The van der Waals surface area contributed by atoms with Crippen molar-refractivity contribution in [2.24, 2.45) is 10.2 Å². The predicted octanol–water partition coefficient (Wildman–Crippen LogP) is 0.0621. The topological polar surface area (TPSA) is 118 Å². The van der Waals surface area contributed by atoms with Crippen LogP contribution in [0.25, 0.3) is 0 Å². The number of imide groups is 1. The van der Waals surface area contributed by atoms with E-state index < -0.39 is 23.4 Å². The second-order valence-electron chi connectivity index (χ2n) is 5.06. The molecule has 0 spiro atoms. The highest BCUT2D eigenvalue weighted by atomic mass is 16.7. The van der Waals surface area contributed by atoms with Crippen LogP contribution in [-0.4, -0.2) is 41.0 Å². The lowest BCUT2D eigenvalue weighted by molar-refractivity contribution is -0.197. The summed E-state index contributed by atoms with van der Waals surface area (Å²) in [5.41, 5.74) is -0.424. The number of nitrogens with one attached hydrogen (secondary N) is 1. The fourth-order valence-electron chi connectivity index (χ4n) is 1.73. The van der Waals surface area contributed by atoms with E-state index in [1.54, 1.807) is 0 Å². The van der Waals surface area contributed by atoms with Crippen LogP contribution in [0.1, 0.15) is 39.0 Å². The van der Waals surface area contributed by atoms with Crippen molar-refractivity contribution in [3.05, 3.63) is 0 Å². The zero-order chi connectivity index (χ0) is 15.5. The molecule has 0 radical (unpaired) electrons. The zero-order valence-corrected chi connectivity index (χ0v) is 11.6. The van der Waals surface area contributed by atoms with Crippen molar-refractivity contribution in [1.82, 2.24) is 10.4 Å². The lowest BCUT2D eigenvalue weighted by Crippen LogP contribution is -2.34. The second-order valence-corrected chi connectivity index (χ2v) is 5.06. The summed E-state index contributed by atoms with van der Waals surface area (Å²) in [6.07, 6.45) is 0.784. The second kappa shape index (κ2) is 5.98. The molecule has 1 N–H and O–H groups in total. The molecule has 0 atom stereocenters. The van der Waals surface area contributed by atoms with Gasteiger partial charge < -0.3 is 10.2 Å². The van der Waals surface area contributed by atoms with Crippen molar-refractivity contribution < 1.29 is 24.0 Å². The van der Waals surface area contributed by atoms with Crippen LogP contribution >= 0.6 is 0 Å². The van der Waals surface area contributed by atoms with Crippen molar-refractivity contribution in [3.63, 3.8) is 0 Å². The summed E-state index contributed by atoms with van der Waals surface area (Å²) < 4.78 is 0. The average Bonchev–Trinajstić information content (AvgIpc) is 3.10. The van der Waals surface area contributed by atoms with Crippen molar-refractivity contribution in [1.29, 1.82) is 0 Å². The Morgan fingerprint density at radius 1 is 1.24 bits per heavy atom. The molecule has 114 valence electrons.